The van der Waals surface area contributed by atoms with Crippen molar-refractivity contribution in [3.8, 4) is 0 Å². The Morgan fingerprint density at radius 3 is 2.82 bits per heavy atom. The number of hydrogen-bond acceptors (Lipinski definition) is 3. The number of H-pyrrole nitrogens is 1. The summed E-state index contributed by atoms with van der Waals surface area (Å²) in [6, 6.07) is 5.35. The smallest absolute Gasteiger partial charge is 0.415 e. The highest BCUT2D eigenvalue weighted by Crippen LogP contribution is 2.33. The van der Waals surface area contributed by atoms with Crippen LogP contribution in [0.3, 0.4) is 0 Å². The first-order valence-electron chi connectivity index (χ1n) is 4.94. The van der Waals surface area contributed by atoms with E-state index in [1.165, 1.54) is 0 Å². The molecule has 0 radical (unpaired) electrons. The average Bonchev–Trinajstić information content (AvgIpc) is 2.83. The predicted octanol–water partition coefficient (Wildman–Crippen LogP) is 2.13. The largest absolute Gasteiger partial charge is 0.431 e. The summed E-state index contributed by atoms with van der Waals surface area (Å²) >= 11 is 6.07. The molecule has 3 rings (SSSR count). The number of aromatic nitrogens is 1. The molecule has 1 fully saturated rings. The molecule has 1 aliphatic heterocycles. The van der Waals surface area contributed by atoms with Gasteiger partial charge in [-0.3, -0.25) is 10.1 Å². The molecule has 2 heterocycles. The lowest BCUT2D eigenvalue weighted by atomic mass is 10.1. The van der Waals surface area contributed by atoms with Crippen LogP contribution >= 0.6 is 11.6 Å². The molecule has 1 aromatic heterocycles. The number of imide groups is 1. The van der Waals surface area contributed by atoms with Gasteiger partial charge < -0.3 is 9.72 Å². The number of halogens is 1. The molecule has 1 aliphatic rings. The number of nitrogens with one attached hydrogen (secondary N) is 2. The molecular formula is C11H7ClN2O3. The molecule has 6 heteroatoms. The molecule has 17 heavy (non-hydrogen) atoms. The first kappa shape index (κ1) is 10.2. The van der Waals surface area contributed by atoms with Gasteiger partial charge in [-0.2, -0.15) is 0 Å². The number of amides is 2. The number of rotatable bonds is 1. The SMILES string of the molecule is O=C1NC(=O)[C@H](c2c[nH]c3cccc(Cl)c23)O1. The molecule has 1 aromatic carbocycles. The quantitative estimate of drug-likeness (QED) is 0.814. The van der Waals surface area contributed by atoms with Crippen molar-refractivity contribution in [2.24, 2.45) is 0 Å². The second kappa shape index (κ2) is 3.49. The van der Waals surface area contributed by atoms with Gasteiger partial charge >= 0.3 is 6.09 Å². The molecule has 86 valence electrons. The molecule has 2 amide bonds. The Bertz CT molecular complexity index is 635. The molecule has 0 unspecified atom stereocenters. The lowest BCUT2D eigenvalue weighted by Crippen LogP contribution is -2.20. The van der Waals surface area contributed by atoms with Crippen LogP contribution in [0.15, 0.2) is 24.4 Å². The number of cyclic esters (lactones) is 1. The van der Waals surface area contributed by atoms with Crippen LogP contribution in [-0.2, 0) is 9.53 Å². The number of fused-ring (bicyclic) bond motifs is 1. The van der Waals surface area contributed by atoms with E-state index in [0.717, 1.165) is 5.52 Å². The van der Waals surface area contributed by atoms with Crippen molar-refractivity contribution in [2.45, 2.75) is 6.10 Å². The van der Waals surface area contributed by atoms with Gasteiger partial charge in [0.2, 0.25) is 6.10 Å². The first-order valence-corrected chi connectivity index (χ1v) is 5.31. The molecule has 5 nitrogen and oxygen atoms in total. The second-order valence-corrected chi connectivity index (χ2v) is 4.09. The fourth-order valence-electron chi connectivity index (χ4n) is 1.93. The minimum absolute atomic E-state index is 0.476. The van der Waals surface area contributed by atoms with Crippen LogP contribution in [0, 0.1) is 0 Å². The first-order chi connectivity index (χ1) is 8.16. The number of ether oxygens (including phenoxy) is 1. The Labute approximate surface area is 101 Å². The summed E-state index contributed by atoms with van der Waals surface area (Å²) in [6.45, 7) is 0. The Balaban J connectivity index is 2.18. The van der Waals surface area contributed by atoms with Crippen molar-refractivity contribution in [2.75, 3.05) is 0 Å². The molecule has 2 aromatic rings. The van der Waals surface area contributed by atoms with Gasteiger partial charge in [-0.25, -0.2) is 4.79 Å². The lowest BCUT2D eigenvalue weighted by Gasteiger charge is -2.05. The van der Waals surface area contributed by atoms with Crippen LogP contribution in [0.2, 0.25) is 5.02 Å². The van der Waals surface area contributed by atoms with Crippen LogP contribution in [0.5, 0.6) is 0 Å². The minimum Gasteiger partial charge on any atom is -0.431 e. The second-order valence-electron chi connectivity index (χ2n) is 3.68. The molecule has 0 aliphatic carbocycles. The maximum Gasteiger partial charge on any atom is 0.415 e. The molecular weight excluding hydrogens is 244 g/mol. The summed E-state index contributed by atoms with van der Waals surface area (Å²) in [5, 5.41) is 3.29. The van der Waals surface area contributed by atoms with Crippen LogP contribution < -0.4 is 5.32 Å². The summed E-state index contributed by atoms with van der Waals surface area (Å²) in [5.74, 6) is -0.476. The highest BCUT2D eigenvalue weighted by molar-refractivity contribution is 6.35. The van der Waals surface area contributed by atoms with Crippen LogP contribution in [0.4, 0.5) is 4.79 Å². The maximum atomic E-state index is 11.5. The predicted molar refractivity (Wildman–Crippen MR) is 60.7 cm³/mol. The van der Waals surface area contributed by atoms with E-state index in [2.05, 4.69) is 10.3 Å². The van der Waals surface area contributed by atoms with Gasteiger partial charge in [0.15, 0.2) is 0 Å². The number of carbonyl (C=O) groups excluding carboxylic acids is 2. The van der Waals surface area contributed by atoms with Gasteiger partial charge in [0.25, 0.3) is 5.91 Å². The third kappa shape index (κ3) is 1.47. The van der Waals surface area contributed by atoms with E-state index in [1.54, 1.807) is 18.3 Å². The van der Waals surface area contributed by atoms with Crippen molar-refractivity contribution in [3.63, 3.8) is 0 Å². The number of hydrogen-bond donors (Lipinski definition) is 2. The van der Waals surface area contributed by atoms with E-state index in [9.17, 15) is 9.59 Å². The minimum atomic E-state index is -0.934. The van der Waals surface area contributed by atoms with Gasteiger partial charge in [-0.05, 0) is 12.1 Å². The summed E-state index contributed by atoms with van der Waals surface area (Å²) in [4.78, 5) is 25.5. The van der Waals surface area contributed by atoms with Crippen molar-refractivity contribution in [1.29, 1.82) is 0 Å². The molecule has 1 saturated heterocycles. The van der Waals surface area contributed by atoms with Crippen molar-refractivity contribution >= 4 is 34.5 Å². The molecule has 0 spiro atoms. The third-order valence-corrected chi connectivity index (χ3v) is 2.97. The fraction of sp³-hybridized carbons (Fsp3) is 0.0909. The van der Waals surface area contributed by atoms with Gasteiger partial charge in [0.05, 0.1) is 5.02 Å². The van der Waals surface area contributed by atoms with Crippen LogP contribution in [0.25, 0.3) is 10.9 Å². The van der Waals surface area contributed by atoms with E-state index in [0.29, 0.717) is 16.0 Å². The van der Waals surface area contributed by atoms with Crippen LogP contribution in [-0.4, -0.2) is 17.0 Å². The van der Waals surface area contributed by atoms with E-state index in [1.807, 2.05) is 6.07 Å². The zero-order valence-electron chi connectivity index (χ0n) is 8.49. The normalized spacial score (nSPS) is 19.5. The Morgan fingerprint density at radius 2 is 2.12 bits per heavy atom. The van der Waals surface area contributed by atoms with Gasteiger partial charge in [0.1, 0.15) is 0 Å². The van der Waals surface area contributed by atoms with Crippen LogP contribution in [0.1, 0.15) is 11.7 Å². The van der Waals surface area contributed by atoms with Gasteiger partial charge in [-0.1, -0.05) is 17.7 Å². The van der Waals surface area contributed by atoms with E-state index >= 15 is 0 Å². The number of alkyl carbamates (subject to hydrolysis) is 1. The van der Waals surface area contributed by atoms with E-state index < -0.39 is 18.1 Å². The highest BCUT2D eigenvalue weighted by Gasteiger charge is 2.35. The monoisotopic (exact) mass is 250 g/mol. The lowest BCUT2D eigenvalue weighted by molar-refractivity contribution is -0.123. The summed E-state index contributed by atoms with van der Waals surface area (Å²) in [7, 11) is 0. The van der Waals surface area contributed by atoms with Crippen molar-refractivity contribution in [1.82, 2.24) is 10.3 Å². The Morgan fingerprint density at radius 1 is 1.29 bits per heavy atom. The van der Waals surface area contributed by atoms with Gasteiger partial charge in [-0.15, -0.1) is 0 Å². The zero-order chi connectivity index (χ0) is 12.0. The molecule has 0 bridgehead atoms. The standard InChI is InChI=1S/C11H7ClN2O3/c12-6-2-1-3-7-8(6)5(4-13-7)9-10(15)14-11(16)17-9/h1-4,9,13H,(H,14,15,16)/t9-/m0/s1. The number of carbonyl (C=O) groups is 2. The fourth-order valence-corrected chi connectivity index (χ4v) is 2.22. The maximum absolute atomic E-state index is 11.5. The van der Waals surface area contributed by atoms with Crippen molar-refractivity contribution in [3.05, 3.63) is 35.0 Å². The van der Waals surface area contributed by atoms with E-state index in [-0.39, 0.29) is 0 Å². The average molecular weight is 251 g/mol. The Kier molecular flexibility index (Phi) is 2.09. The van der Waals surface area contributed by atoms with Crippen molar-refractivity contribution < 1.29 is 14.3 Å². The number of benzene rings is 1. The number of aromatic amines is 1. The highest BCUT2D eigenvalue weighted by atomic mass is 35.5. The third-order valence-electron chi connectivity index (χ3n) is 2.66. The molecule has 1 atom stereocenters. The summed E-state index contributed by atoms with van der Waals surface area (Å²) < 4.78 is 4.90. The topological polar surface area (TPSA) is 71.2 Å². The molecule has 0 saturated carbocycles. The molecule has 2 N–H and O–H groups in total. The van der Waals surface area contributed by atoms with E-state index in [4.69, 9.17) is 16.3 Å². The van der Waals surface area contributed by atoms with Gasteiger partial charge in [0, 0.05) is 22.7 Å². The zero-order valence-corrected chi connectivity index (χ0v) is 9.25. The summed E-state index contributed by atoms with van der Waals surface area (Å²) in [6.07, 6.45) is -0.0445. The summed E-state index contributed by atoms with van der Waals surface area (Å²) in [5.41, 5.74) is 1.36. The Hall–Kier alpha value is -2.01.